The van der Waals surface area contributed by atoms with E-state index in [4.69, 9.17) is 0 Å². The molecule has 0 atom stereocenters. The second kappa shape index (κ2) is 4.57. The van der Waals surface area contributed by atoms with Crippen LogP contribution in [0.15, 0.2) is 29.2 Å². The topological polar surface area (TPSA) is 46.2 Å². The third-order valence-corrected chi connectivity index (χ3v) is 3.35. The SMILES string of the molecule is CCCNS(=O)(=O)c1ccc(C)cc1. The molecule has 0 aromatic heterocycles. The van der Waals surface area contributed by atoms with E-state index in [0.717, 1.165) is 12.0 Å². The van der Waals surface area contributed by atoms with Crippen molar-refractivity contribution < 1.29 is 8.42 Å². The Bertz CT molecular complexity index is 381. The van der Waals surface area contributed by atoms with Gasteiger partial charge in [-0.1, -0.05) is 24.6 Å². The van der Waals surface area contributed by atoms with Crippen molar-refractivity contribution in [3.05, 3.63) is 29.8 Å². The predicted octanol–water partition coefficient (Wildman–Crippen LogP) is 1.68. The van der Waals surface area contributed by atoms with E-state index in [0.29, 0.717) is 11.4 Å². The number of aryl methyl sites for hydroxylation is 1. The first kappa shape index (κ1) is 11.2. The zero-order valence-corrected chi connectivity index (χ0v) is 9.26. The smallest absolute Gasteiger partial charge is 0.211 e. The van der Waals surface area contributed by atoms with Crippen LogP contribution in [0, 0.1) is 6.92 Å². The Labute approximate surface area is 85.2 Å². The highest BCUT2D eigenvalue weighted by atomic mass is 32.2. The molecule has 0 aliphatic rings. The van der Waals surface area contributed by atoms with Crippen molar-refractivity contribution in [1.82, 2.24) is 4.72 Å². The zero-order valence-electron chi connectivity index (χ0n) is 8.45. The van der Waals surface area contributed by atoms with Crippen LogP contribution in [0.4, 0.5) is 0 Å². The second-order valence-corrected chi connectivity index (χ2v) is 4.98. The Morgan fingerprint density at radius 3 is 2.29 bits per heavy atom. The van der Waals surface area contributed by atoms with Gasteiger partial charge in [-0.15, -0.1) is 0 Å². The first-order valence-electron chi connectivity index (χ1n) is 4.62. The lowest BCUT2D eigenvalue weighted by molar-refractivity contribution is 0.581. The van der Waals surface area contributed by atoms with E-state index in [1.165, 1.54) is 0 Å². The van der Waals surface area contributed by atoms with Crippen molar-refractivity contribution in [1.29, 1.82) is 0 Å². The normalized spacial score (nSPS) is 11.6. The summed E-state index contributed by atoms with van der Waals surface area (Å²) in [6.07, 6.45) is 0.797. The largest absolute Gasteiger partial charge is 0.240 e. The number of rotatable bonds is 4. The summed E-state index contributed by atoms with van der Waals surface area (Å²) >= 11 is 0. The maximum Gasteiger partial charge on any atom is 0.240 e. The quantitative estimate of drug-likeness (QED) is 0.827. The molecule has 0 aliphatic heterocycles. The summed E-state index contributed by atoms with van der Waals surface area (Å²) in [6.45, 7) is 4.34. The van der Waals surface area contributed by atoms with Crippen LogP contribution in [-0.2, 0) is 10.0 Å². The molecule has 14 heavy (non-hydrogen) atoms. The van der Waals surface area contributed by atoms with Gasteiger partial charge in [-0.25, -0.2) is 13.1 Å². The Morgan fingerprint density at radius 1 is 1.21 bits per heavy atom. The number of nitrogens with one attached hydrogen (secondary N) is 1. The molecule has 3 nitrogen and oxygen atoms in total. The molecule has 4 heteroatoms. The minimum Gasteiger partial charge on any atom is -0.211 e. The molecule has 1 N–H and O–H groups in total. The summed E-state index contributed by atoms with van der Waals surface area (Å²) in [5.74, 6) is 0. The molecule has 1 aromatic carbocycles. The predicted molar refractivity (Wildman–Crippen MR) is 56.7 cm³/mol. The van der Waals surface area contributed by atoms with Gasteiger partial charge < -0.3 is 0 Å². The molecule has 0 amide bonds. The Kier molecular flexibility index (Phi) is 3.66. The first-order valence-corrected chi connectivity index (χ1v) is 6.11. The van der Waals surface area contributed by atoms with Gasteiger partial charge in [0, 0.05) is 6.54 Å². The standard InChI is InChI=1S/C10H15NO2S/c1-3-8-11-14(12,13)10-6-4-9(2)5-7-10/h4-7,11H,3,8H2,1-2H3. The molecule has 0 heterocycles. The van der Waals surface area contributed by atoms with E-state index in [-0.39, 0.29) is 0 Å². The van der Waals surface area contributed by atoms with Crippen molar-refractivity contribution in [2.24, 2.45) is 0 Å². The fourth-order valence-corrected chi connectivity index (χ4v) is 2.17. The summed E-state index contributed by atoms with van der Waals surface area (Å²) in [5, 5.41) is 0. The van der Waals surface area contributed by atoms with Crippen molar-refractivity contribution >= 4 is 10.0 Å². The minimum atomic E-state index is -3.29. The van der Waals surface area contributed by atoms with E-state index in [2.05, 4.69) is 4.72 Å². The number of hydrogen-bond acceptors (Lipinski definition) is 2. The van der Waals surface area contributed by atoms with Crippen LogP contribution in [0.5, 0.6) is 0 Å². The molecule has 78 valence electrons. The van der Waals surface area contributed by atoms with Crippen LogP contribution in [0.2, 0.25) is 0 Å². The molecule has 0 spiro atoms. The van der Waals surface area contributed by atoms with Gasteiger partial charge in [-0.2, -0.15) is 0 Å². The van der Waals surface area contributed by atoms with Gasteiger partial charge in [0.25, 0.3) is 0 Å². The van der Waals surface area contributed by atoms with Crippen LogP contribution in [0.3, 0.4) is 0 Å². The third-order valence-electron chi connectivity index (χ3n) is 1.87. The van der Waals surface area contributed by atoms with Gasteiger partial charge in [0.05, 0.1) is 4.90 Å². The van der Waals surface area contributed by atoms with Gasteiger partial charge in [-0.05, 0) is 25.5 Å². The van der Waals surface area contributed by atoms with E-state index in [1.54, 1.807) is 24.3 Å². The van der Waals surface area contributed by atoms with E-state index in [9.17, 15) is 8.42 Å². The first-order chi connectivity index (χ1) is 6.56. The van der Waals surface area contributed by atoms with Crippen LogP contribution in [0.1, 0.15) is 18.9 Å². The summed E-state index contributed by atoms with van der Waals surface area (Å²) in [4.78, 5) is 0.330. The summed E-state index contributed by atoms with van der Waals surface area (Å²) < 4.78 is 25.7. The molecule has 0 bridgehead atoms. The second-order valence-electron chi connectivity index (χ2n) is 3.21. The van der Waals surface area contributed by atoms with Crippen molar-refractivity contribution in [3.8, 4) is 0 Å². The molecule has 0 fully saturated rings. The third kappa shape index (κ3) is 2.82. The highest BCUT2D eigenvalue weighted by Gasteiger charge is 2.11. The lowest BCUT2D eigenvalue weighted by Crippen LogP contribution is -2.24. The fourth-order valence-electron chi connectivity index (χ4n) is 1.04. The zero-order chi connectivity index (χ0) is 10.6. The van der Waals surface area contributed by atoms with Crippen LogP contribution in [-0.4, -0.2) is 15.0 Å². The molecule has 0 aliphatic carbocycles. The van der Waals surface area contributed by atoms with Gasteiger partial charge in [0.2, 0.25) is 10.0 Å². The van der Waals surface area contributed by atoms with Gasteiger partial charge >= 0.3 is 0 Å². The van der Waals surface area contributed by atoms with Crippen LogP contribution < -0.4 is 4.72 Å². The fraction of sp³-hybridized carbons (Fsp3) is 0.400. The average molecular weight is 213 g/mol. The summed E-state index contributed by atoms with van der Waals surface area (Å²) in [5.41, 5.74) is 1.06. The van der Waals surface area contributed by atoms with Crippen molar-refractivity contribution in [3.63, 3.8) is 0 Å². The van der Waals surface area contributed by atoms with E-state index in [1.807, 2.05) is 13.8 Å². The summed E-state index contributed by atoms with van der Waals surface area (Å²) in [6, 6.07) is 6.82. The van der Waals surface area contributed by atoms with Crippen LogP contribution >= 0.6 is 0 Å². The lowest BCUT2D eigenvalue weighted by atomic mass is 10.2. The molecule has 1 aromatic rings. The van der Waals surface area contributed by atoms with Crippen molar-refractivity contribution in [2.75, 3.05) is 6.54 Å². The van der Waals surface area contributed by atoms with Gasteiger partial charge in [0.15, 0.2) is 0 Å². The Hall–Kier alpha value is -0.870. The highest BCUT2D eigenvalue weighted by molar-refractivity contribution is 7.89. The molecule has 0 unspecified atom stereocenters. The molecule has 0 saturated heterocycles. The summed E-state index contributed by atoms with van der Waals surface area (Å²) in [7, 11) is -3.29. The van der Waals surface area contributed by atoms with Crippen LogP contribution in [0.25, 0.3) is 0 Å². The maximum absolute atomic E-state index is 11.6. The molecular formula is C10H15NO2S. The lowest BCUT2D eigenvalue weighted by Gasteiger charge is -2.05. The molecule has 0 saturated carbocycles. The van der Waals surface area contributed by atoms with Crippen molar-refractivity contribution in [2.45, 2.75) is 25.2 Å². The Balaban J connectivity index is 2.87. The monoisotopic (exact) mass is 213 g/mol. The Morgan fingerprint density at radius 2 is 1.79 bits per heavy atom. The van der Waals surface area contributed by atoms with E-state index < -0.39 is 10.0 Å². The number of benzene rings is 1. The highest BCUT2D eigenvalue weighted by Crippen LogP contribution is 2.09. The van der Waals surface area contributed by atoms with E-state index >= 15 is 0 Å². The average Bonchev–Trinajstić information content (AvgIpc) is 2.16. The maximum atomic E-state index is 11.6. The molecule has 1 rings (SSSR count). The molecular weight excluding hydrogens is 198 g/mol. The number of hydrogen-bond donors (Lipinski definition) is 1. The van der Waals surface area contributed by atoms with Gasteiger partial charge in [-0.3, -0.25) is 0 Å². The number of sulfonamides is 1. The van der Waals surface area contributed by atoms with Gasteiger partial charge in [0.1, 0.15) is 0 Å². The molecule has 0 radical (unpaired) electrons. The minimum absolute atomic E-state index is 0.330.